The van der Waals surface area contributed by atoms with Gasteiger partial charge in [-0.3, -0.25) is 4.68 Å². The van der Waals surface area contributed by atoms with Gasteiger partial charge in [-0.05, 0) is 17.9 Å². The van der Waals surface area contributed by atoms with Crippen LogP contribution in [0.2, 0.25) is 0 Å². The van der Waals surface area contributed by atoms with Crippen LogP contribution in [0, 0.1) is 0 Å². The first kappa shape index (κ1) is 13.1. The minimum absolute atomic E-state index is 0.441. The maximum Gasteiger partial charge on any atom is 0.180 e. The van der Waals surface area contributed by atoms with Gasteiger partial charge in [0.15, 0.2) is 5.13 Å². The molecule has 0 saturated carbocycles. The van der Waals surface area contributed by atoms with Gasteiger partial charge in [-0.15, -0.1) is 11.3 Å². The molecule has 18 heavy (non-hydrogen) atoms. The Morgan fingerprint density at radius 3 is 2.78 bits per heavy atom. The first-order chi connectivity index (χ1) is 8.51. The molecule has 0 bridgehead atoms. The topological polar surface area (TPSA) is 56.7 Å². The highest BCUT2D eigenvalue weighted by molar-refractivity contribution is 7.15. The fourth-order valence-corrected chi connectivity index (χ4v) is 3.11. The Labute approximate surface area is 112 Å². The predicted molar refractivity (Wildman–Crippen MR) is 76.0 cm³/mol. The number of nitrogens with zero attached hydrogens (tertiary/aromatic N) is 3. The third-order valence-corrected chi connectivity index (χ3v) is 3.89. The molecule has 2 rings (SSSR count). The van der Waals surface area contributed by atoms with Gasteiger partial charge in [-0.25, -0.2) is 4.98 Å². The Balaban J connectivity index is 2.33. The lowest BCUT2D eigenvalue weighted by molar-refractivity contribution is 0.712. The maximum atomic E-state index is 5.80. The van der Waals surface area contributed by atoms with E-state index in [9.17, 15) is 0 Å². The SMILES string of the molecule is CCc1nc(N)sc1Cc1cn(C)nc1C(C)C. The van der Waals surface area contributed by atoms with Crippen LogP contribution in [0.15, 0.2) is 6.20 Å². The second-order valence-electron chi connectivity index (χ2n) is 4.82. The number of hydrogen-bond acceptors (Lipinski definition) is 4. The largest absolute Gasteiger partial charge is 0.375 e. The van der Waals surface area contributed by atoms with Gasteiger partial charge in [0.25, 0.3) is 0 Å². The monoisotopic (exact) mass is 264 g/mol. The standard InChI is InChI=1S/C13H20N4S/c1-5-10-11(18-13(14)15-10)6-9-7-17(4)16-12(9)8(2)3/h7-8H,5-6H2,1-4H3,(H2,14,15). The highest BCUT2D eigenvalue weighted by Gasteiger charge is 2.15. The molecule has 4 nitrogen and oxygen atoms in total. The predicted octanol–water partition coefficient (Wildman–Crippen LogP) is 2.74. The third kappa shape index (κ3) is 2.56. The summed E-state index contributed by atoms with van der Waals surface area (Å²) in [5.74, 6) is 0.441. The van der Waals surface area contributed by atoms with E-state index in [1.165, 1.54) is 16.1 Å². The highest BCUT2D eigenvalue weighted by atomic mass is 32.1. The summed E-state index contributed by atoms with van der Waals surface area (Å²) < 4.78 is 1.89. The average Bonchev–Trinajstić information content (AvgIpc) is 2.82. The number of thiazole rings is 1. The highest BCUT2D eigenvalue weighted by Crippen LogP contribution is 2.27. The molecule has 0 aromatic carbocycles. The van der Waals surface area contributed by atoms with E-state index in [1.807, 2.05) is 11.7 Å². The molecule has 5 heteroatoms. The molecular weight excluding hydrogens is 244 g/mol. The summed E-state index contributed by atoms with van der Waals surface area (Å²) in [5.41, 5.74) is 9.38. The summed E-state index contributed by atoms with van der Waals surface area (Å²) >= 11 is 1.59. The molecule has 0 aliphatic heterocycles. The molecule has 0 aliphatic rings. The number of hydrogen-bond donors (Lipinski definition) is 1. The van der Waals surface area contributed by atoms with Gasteiger partial charge < -0.3 is 5.73 Å². The zero-order valence-corrected chi connectivity index (χ0v) is 12.2. The van der Waals surface area contributed by atoms with Crippen LogP contribution in [0.3, 0.4) is 0 Å². The minimum Gasteiger partial charge on any atom is -0.375 e. The molecule has 98 valence electrons. The molecule has 2 heterocycles. The van der Waals surface area contributed by atoms with Crippen molar-refractivity contribution in [1.29, 1.82) is 0 Å². The summed E-state index contributed by atoms with van der Waals surface area (Å²) in [4.78, 5) is 5.64. The lowest BCUT2D eigenvalue weighted by Gasteiger charge is -2.04. The van der Waals surface area contributed by atoms with E-state index in [0.717, 1.165) is 18.5 Å². The van der Waals surface area contributed by atoms with Crippen molar-refractivity contribution in [2.45, 2.75) is 39.5 Å². The molecule has 0 saturated heterocycles. The van der Waals surface area contributed by atoms with Crippen molar-refractivity contribution in [3.8, 4) is 0 Å². The van der Waals surface area contributed by atoms with Gasteiger partial charge in [0.1, 0.15) is 0 Å². The summed E-state index contributed by atoms with van der Waals surface area (Å²) in [7, 11) is 1.97. The van der Waals surface area contributed by atoms with Gasteiger partial charge >= 0.3 is 0 Å². The molecule has 2 aromatic heterocycles. The number of aromatic nitrogens is 3. The smallest absolute Gasteiger partial charge is 0.180 e. The number of nitrogens with two attached hydrogens (primary N) is 1. The number of nitrogen functional groups attached to an aromatic ring is 1. The van der Waals surface area contributed by atoms with Crippen LogP contribution < -0.4 is 5.73 Å². The molecule has 0 aliphatic carbocycles. The maximum absolute atomic E-state index is 5.80. The molecule has 2 aromatic rings. The van der Waals surface area contributed by atoms with Crippen LogP contribution in [-0.2, 0) is 19.9 Å². The molecule has 0 spiro atoms. The molecular formula is C13H20N4S. The Kier molecular flexibility index (Phi) is 3.71. The normalized spacial score (nSPS) is 11.4. The fraction of sp³-hybridized carbons (Fsp3) is 0.538. The van der Waals surface area contributed by atoms with E-state index in [2.05, 4.69) is 37.1 Å². The second kappa shape index (κ2) is 5.10. The zero-order chi connectivity index (χ0) is 13.3. The number of aryl methyl sites for hydroxylation is 2. The summed E-state index contributed by atoms with van der Waals surface area (Å²) in [6.45, 7) is 6.46. The van der Waals surface area contributed by atoms with Crippen LogP contribution in [0.25, 0.3) is 0 Å². The van der Waals surface area contributed by atoms with Gasteiger partial charge in [-0.2, -0.15) is 5.10 Å². The van der Waals surface area contributed by atoms with Crippen molar-refractivity contribution < 1.29 is 0 Å². The van der Waals surface area contributed by atoms with Crippen LogP contribution in [0.1, 0.15) is 48.5 Å². The lowest BCUT2D eigenvalue weighted by Crippen LogP contribution is -1.97. The Bertz CT molecular complexity index is 539. The number of rotatable bonds is 4. The molecule has 2 N–H and O–H groups in total. The second-order valence-corrected chi connectivity index (χ2v) is 5.94. The van der Waals surface area contributed by atoms with Crippen molar-refractivity contribution in [3.05, 3.63) is 28.0 Å². The lowest BCUT2D eigenvalue weighted by atomic mass is 10.0. The van der Waals surface area contributed by atoms with E-state index in [-0.39, 0.29) is 0 Å². The van der Waals surface area contributed by atoms with E-state index < -0.39 is 0 Å². The zero-order valence-electron chi connectivity index (χ0n) is 11.4. The third-order valence-electron chi connectivity index (χ3n) is 2.96. The van der Waals surface area contributed by atoms with Crippen LogP contribution in [0.5, 0.6) is 0 Å². The minimum atomic E-state index is 0.441. The van der Waals surface area contributed by atoms with Gasteiger partial charge in [0.05, 0.1) is 11.4 Å². The molecule has 0 radical (unpaired) electrons. The van der Waals surface area contributed by atoms with E-state index >= 15 is 0 Å². The molecule has 0 amide bonds. The van der Waals surface area contributed by atoms with Crippen molar-refractivity contribution in [3.63, 3.8) is 0 Å². The van der Waals surface area contributed by atoms with Crippen LogP contribution >= 0.6 is 11.3 Å². The van der Waals surface area contributed by atoms with E-state index in [1.54, 1.807) is 11.3 Å². The van der Waals surface area contributed by atoms with Crippen LogP contribution in [0.4, 0.5) is 5.13 Å². The van der Waals surface area contributed by atoms with Crippen molar-refractivity contribution >= 4 is 16.5 Å². The number of anilines is 1. The first-order valence-electron chi connectivity index (χ1n) is 6.27. The molecule has 0 fully saturated rings. The summed E-state index contributed by atoms with van der Waals surface area (Å²) in [6, 6.07) is 0. The van der Waals surface area contributed by atoms with Gasteiger partial charge in [0, 0.05) is 24.5 Å². The Morgan fingerprint density at radius 1 is 1.44 bits per heavy atom. The van der Waals surface area contributed by atoms with Crippen molar-refractivity contribution in [2.75, 3.05) is 5.73 Å². The van der Waals surface area contributed by atoms with Gasteiger partial charge in [0.2, 0.25) is 0 Å². The van der Waals surface area contributed by atoms with Gasteiger partial charge in [-0.1, -0.05) is 20.8 Å². The Morgan fingerprint density at radius 2 is 2.17 bits per heavy atom. The van der Waals surface area contributed by atoms with E-state index in [0.29, 0.717) is 11.0 Å². The van der Waals surface area contributed by atoms with Crippen LogP contribution in [-0.4, -0.2) is 14.8 Å². The quantitative estimate of drug-likeness (QED) is 0.923. The van der Waals surface area contributed by atoms with E-state index in [4.69, 9.17) is 5.73 Å². The van der Waals surface area contributed by atoms with Crippen molar-refractivity contribution in [1.82, 2.24) is 14.8 Å². The fourth-order valence-electron chi connectivity index (χ4n) is 2.17. The average molecular weight is 264 g/mol. The first-order valence-corrected chi connectivity index (χ1v) is 7.09. The summed E-state index contributed by atoms with van der Waals surface area (Å²) in [6.07, 6.45) is 3.92. The van der Waals surface area contributed by atoms with Crippen molar-refractivity contribution in [2.24, 2.45) is 7.05 Å². The molecule has 0 atom stereocenters. The Hall–Kier alpha value is -1.36. The molecule has 0 unspecified atom stereocenters. The summed E-state index contributed by atoms with van der Waals surface area (Å²) in [5, 5.41) is 5.20.